The van der Waals surface area contributed by atoms with Gasteiger partial charge in [-0.25, -0.2) is 0 Å². The molecule has 1 amide bonds. The molecule has 1 aliphatic rings. The first-order valence-electron chi connectivity index (χ1n) is 9.26. The molecule has 0 aromatic heterocycles. The van der Waals surface area contributed by atoms with E-state index < -0.39 is 0 Å². The highest BCUT2D eigenvalue weighted by Crippen LogP contribution is 2.34. The van der Waals surface area contributed by atoms with Crippen LogP contribution in [0.3, 0.4) is 0 Å². The van der Waals surface area contributed by atoms with Crippen LogP contribution < -0.4 is 4.90 Å². The Hall–Kier alpha value is -1.14. The molecule has 0 radical (unpaired) electrons. The van der Waals surface area contributed by atoms with Gasteiger partial charge in [0.1, 0.15) is 0 Å². The predicted molar refractivity (Wildman–Crippen MR) is 110 cm³/mol. The predicted octanol–water partition coefficient (Wildman–Crippen LogP) is 3.31. The second-order valence-electron chi connectivity index (χ2n) is 6.77. The lowest BCUT2D eigenvalue weighted by Crippen LogP contribution is -2.60. The van der Waals surface area contributed by atoms with Crippen molar-refractivity contribution in [1.82, 2.24) is 4.90 Å². The zero-order valence-corrected chi connectivity index (χ0v) is 17.2. The zero-order chi connectivity index (χ0) is 17.4. The van der Waals surface area contributed by atoms with Crippen LogP contribution in [0, 0.1) is 0 Å². The summed E-state index contributed by atoms with van der Waals surface area (Å²) in [4.78, 5) is 17.3. The minimum Gasteiger partial charge on any atom is -0.412 e. The monoisotopic (exact) mass is 386 g/mol. The van der Waals surface area contributed by atoms with E-state index in [1.807, 2.05) is 42.2 Å². The summed E-state index contributed by atoms with van der Waals surface area (Å²) in [6.07, 6.45) is 4.91. The Labute approximate surface area is 164 Å². The van der Waals surface area contributed by atoms with Gasteiger partial charge in [-0.2, -0.15) is 0 Å². The summed E-state index contributed by atoms with van der Waals surface area (Å²) in [6, 6.07) is 10.1. The quantitative estimate of drug-likeness (QED) is 0.688. The molecule has 1 aromatic carbocycles. The summed E-state index contributed by atoms with van der Waals surface area (Å²) >= 11 is 0. The maximum atomic E-state index is 12.8. The van der Waals surface area contributed by atoms with Gasteiger partial charge in [-0.1, -0.05) is 38.5 Å². The van der Waals surface area contributed by atoms with Crippen molar-refractivity contribution in [1.29, 1.82) is 0 Å². The summed E-state index contributed by atoms with van der Waals surface area (Å²) in [7, 11) is 1.74. The number of benzene rings is 1. The highest BCUT2D eigenvalue weighted by atomic mass is 35.5. The number of methoxy groups -OCH3 is 1. The minimum absolute atomic E-state index is 0. The van der Waals surface area contributed by atoms with E-state index in [0.717, 1.165) is 38.2 Å². The molecule has 0 bridgehead atoms. The molecular formula is C20H35ClN2O3. The average molecular weight is 387 g/mol. The normalized spacial score (nSPS) is 16.3. The summed E-state index contributed by atoms with van der Waals surface area (Å²) < 4.78 is 5.59. The molecule has 1 aliphatic heterocycles. The van der Waals surface area contributed by atoms with Crippen LogP contribution >= 0.6 is 12.4 Å². The van der Waals surface area contributed by atoms with Crippen molar-refractivity contribution in [2.45, 2.75) is 51.5 Å². The van der Waals surface area contributed by atoms with Crippen molar-refractivity contribution < 1.29 is 15.0 Å². The number of carbonyl (C=O) groups excluding carboxylic acids is 1. The maximum absolute atomic E-state index is 12.8. The number of halogens is 1. The fraction of sp³-hybridized carbons (Fsp3) is 0.650. The number of piperidine rings is 1. The Balaban J connectivity index is 0.00000312. The molecule has 150 valence electrons. The first kappa shape index (κ1) is 24.9. The van der Waals surface area contributed by atoms with Gasteiger partial charge in [-0.05, 0) is 37.9 Å². The van der Waals surface area contributed by atoms with E-state index in [-0.39, 0.29) is 29.3 Å². The Morgan fingerprint density at radius 1 is 1.19 bits per heavy atom. The number of hydrogen-bond acceptors (Lipinski definition) is 3. The Bertz CT molecular complexity index is 505. The molecule has 0 aliphatic carbocycles. The van der Waals surface area contributed by atoms with Crippen molar-refractivity contribution in [3.05, 3.63) is 30.3 Å². The van der Waals surface area contributed by atoms with Crippen LogP contribution in [0.5, 0.6) is 0 Å². The lowest BCUT2D eigenvalue weighted by Gasteiger charge is -2.48. The number of likely N-dealkylation sites (tertiary alicyclic amines) is 1. The molecule has 26 heavy (non-hydrogen) atoms. The molecule has 1 aromatic rings. The number of unbranched alkanes of at least 4 members (excludes halogenated alkanes) is 1. The maximum Gasteiger partial charge on any atom is 0.227 e. The van der Waals surface area contributed by atoms with Crippen LogP contribution in [0.2, 0.25) is 0 Å². The number of rotatable bonds is 8. The van der Waals surface area contributed by atoms with Gasteiger partial charge in [0.15, 0.2) is 0 Å². The summed E-state index contributed by atoms with van der Waals surface area (Å²) in [5.41, 5.74) is 0.759. The van der Waals surface area contributed by atoms with E-state index in [1.54, 1.807) is 7.11 Å². The van der Waals surface area contributed by atoms with E-state index in [2.05, 4.69) is 11.8 Å². The third kappa shape index (κ3) is 5.95. The number of nitrogens with zero attached hydrogens (tertiary/aromatic N) is 2. The largest absolute Gasteiger partial charge is 0.412 e. The molecule has 0 spiro atoms. The van der Waals surface area contributed by atoms with Crippen molar-refractivity contribution in [2.75, 3.05) is 38.3 Å². The van der Waals surface area contributed by atoms with Crippen LogP contribution in [-0.2, 0) is 9.53 Å². The van der Waals surface area contributed by atoms with Crippen molar-refractivity contribution in [2.24, 2.45) is 0 Å². The van der Waals surface area contributed by atoms with Crippen molar-refractivity contribution in [3.63, 3.8) is 0 Å². The van der Waals surface area contributed by atoms with E-state index in [0.29, 0.717) is 13.0 Å². The number of ether oxygens (including phenoxy) is 1. The van der Waals surface area contributed by atoms with Gasteiger partial charge in [0.2, 0.25) is 5.91 Å². The topological polar surface area (TPSA) is 64.3 Å². The van der Waals surface area contributed by atoms with Gasteiger partial charge in [-0.3, -0.25) is 4.79 Å². The Morgan fingerprint density at radius 3 is 2.31 bits per heavy atom. The van der Waals surface area contributed by atoms with Crippen LogP contribution in [0.1, 0.15) is 46.0 Å². The molecule has 0 unspecified atom stereocenters. The van der Waals surface area contributed by atoms with E-state index in [9.17, 15) is 4.79 Å². The minimum atomic E-state index is -0.230. The molecule has 6 heteroatoms. The SMILES string of the molecule is CCCCN1CCC(COC)(N(C(=O)CC)c2ccccc2)CC1.Cl.O. The van der Waals surface area contributed by atoms with Crippen LogP contribution in [-0.4, -0.2) is 55.2 Å². The van der Waals surface area contributed by atoms with Gasteiger partial charge in [-0.15, -0.1) is 12.4 Å². The van der Waals surface area contributed by atoms with E-state index in [1.165, 1.54) is 12.8 Å². The third-order valence-electron chi connectivity index (χ3n) is 5.07. The zero-order valence-electron chi connectivity index (χ0n) is 16.4. The first-order chi connectivity index (χ1) is 11.7. The standard InChI is InChI=1S/C20H32N2O2.ClH.H2O/c1-4-6-14-21-15-12-20(13-16-21,17-24-3)22(19(23)5-2)18-10-8-7-9-11-18;;/h7-11H,4-6,12-17H2,1-3H3;1H;1H2. The molecule has 5 nitrogen and oxygen atoms in total. The third-order valence-corrected chi connectivity index (χ3v) is 5.07. The van der Waals surface area contributed by atoms with Gasteiger partial charge in [0.25, 0.3) is 0 Å². The fourth-order valence-corrected chi connectivity index (χ4v) is 3.69. The van der Waals surface area contributed by atoms with Crippen LogP contribution in [0.15, 0.2) is 30.3 Å². The lowest BCUT2D eigenvalue weighted by atomic mass is 9.85. The van der Waals surface area contributed by atoms with Gasteiger partial charge >= 0.3 is 0 Å². The van der Waals surface area contributed by atoms with Crippen LogP contribution in [0.4, 0.5) is 5.69 Å². The Morgan fingerprint density at radius 2 is 1.81 bits per heavy atom. The van der Waals surface area contributed by atoms with Gasteiger partial charge in [0.05, 0.1) is 12.1 Å². The molecule has 2 rings (SSSR count). The van der Waals surface area contributed by atoms with Crippen molar-refractivity contribution >= 4 is 24.0 Å². The number of amides is 1. The van der Waals surface area contributed by atoms with Crippen molar-refractivity contribution in [3.8, 4) is 0 Å². The Kier molecular flexibility index (Phi) is 11.7. The summed E-state index contributed by atoms with van der Waals surface area (Å²) in [5, 5.41) is 0. The number of anilines is 1. The molecule has 1 heterocycles. The molecule has 0 atom stereocenters. The van der Waals surface area contributed by atoms with Gasteiger partial charge in [0, 0.05) is 32.3 Å². The van der Waals surface area contributed by atoms with E-state index >= 15 is 0 Å². The summed E-state index contributed by atoms with van der Waals surface area (Å²) in [5.74, 6) is 0.181. The van der Waals surface area contributed by atoms with E-state index in [4.69, 9.17) is 4.74 Å². The second-order valence-corrected chi connectivity index (χ2v) is 6.77. The molecule has 1 saturated heterocycles. The van der Waals surface area contributed by atoms with Crippen LogP contribution in [0.25, 0.3) is 0 Å². The number of hydrogen-bond donors (Lipinski definition) is 0. The lowest BCUT2D eigenvalue weighted by molar-refractivity contribution is -0.120. The molecular weight excluding hydrogens is 352 g/mol. The summed E-state index contributed by atoms with van der Waals surface area (Å²) in [6.45, 7) is 7.99. The molecule has 1 fully saturated rings. The average Bonchev–Trinajstić information content (AvgIpc) is 2.62. The highest BCUT2D eigenvalue weighted by molar-refractivity contribution is 5.94. The molecule has 2 N–H and O–H groups in total. The highest BCUT2D eigenvalue weighted by Gasteiger charge is 2.42. The fourth-order valence-electron chi connectivity index (χ4n) is 3.69. The number of para-hydroxylation sites is 1. The second kappa shape index (κ2) is 12.3. The number of carbonyl (C=O) groups is 1. The first-order valence-corrected chi connectivity index (χ1v) is 9.26. The smallest absolute Gasteiger partial charge is 0.227 e. The van der Waals surface area contributed by atoms with Gasteiger partial charge < -0.3 is 20.0 Å². The molecule has 0 saturated carbocycles.